The zero-order valence-corrected chi connectivity index (χ0v) is 11.5. The summed E-state index contributed by atoms with van der Waals surface area (Å²) >= 11 is 1.57. The highest BCUT2D eigenvalue weighted by atomic mass is 32.2. The maximum atomic E-state index is 4.47. The van der Waals surface area contributed by atoms with Gasteiger partial charge in [-0.25, -0.2) is 9.97 Å². The van der Waals surface area contributed by atoms with E-state index in [0.717, 1.165) is 29.9 Å². The minimum Gasteiger partial charge on any atom is -0.370 e. The molecule has 0 bridgehead atoms. The van der Waals surface area contributed by atoms with Gasteiger partial charge in [-0.2, -0.15) is 0 Å². The van der Waals surface area contributed by atoms with Crippen molar-refractivity contribution in [2.45, 2.75) is 31.8 Å². The second-order valence-corrected chi connectivity index (χ2v) is 5.59. The number of rotatable bonds is 6. The number of nitrogens with zero attached hydrogens (tertiary/aromatic N) is 2. The van der Waals surface area contributed by atoms with E-state index in [1.165, 1.54) is 12.8 Å². The van der Waals surface area contributed by atoms with E-state index in [-0.39, 0.29) is 0 Å². The SMILES string of the molecule is CCNc1cc(NCC2(C)CC2)nc(SC)n1. The zero-order chi connectivity index (χ0) is 12.3. The van der Waals surface area contributed by atoms with Crippen LogP contribution in [0, 0.1) is 5.41 Å². The second kappa shape index (κ2) is 5.12. The van der Waals surface area contributed by atoms with Crippen LogP contribution in [0.2, 0.25) is 0 Å². The molecule has 0 saturated heterocycles. The van der Waals surface area contributed by atoms with Crippen molar-refractivity contribution in [1.82, 2.24) is 9.97 Å². The first kappa shape index (κ1) is 12.5. The predicted molar refractivity (Wildman–Crippen MR) is 73.8 cm³/mol. The number of thioether (sulfide) groups is 1. The Kier molecular flexibility index (Phi) is 3.76. The van der Waals surface area contributed by atoms with Gasteiger partial charge in [-0.15, -0.1) is 0 Å². The molecule has 0 unspecified atom stereocenters. The van der Waals surface area contributed by atoms with Gasteiger partial charge in [0.1, 0.15) is 11.6 Å². The number of hydrogen-bond donors (Lipinski definition) is 2. The lowest BCUT2D eigenvalue weighted by atomic mass is 10.1. The topological polar surface area (TPSA) is 49.8 Å². The molecule has 0 aliphatic heterocycles. The van der Waals surface area contributed by atoms with Gasteiger partial charge in [-0.1, -0.05) is 18.7 Å². The van der Waals surface area contributed by atoms with Crippen LogP contribution in [0.3, 0.4) is 0 Å². The summed E-state index contributed by atoms with van der Waals surface area (Å²) in [7, 11) is 0. The molecule has 1 aromatic rings. The average Bonchev–Trinajstić information content (AvgIpc) is 3.06. The van der Waals surface area contributed by atoms with Crippen molar-refractivity contribution in [1.29, 1.82) is 0 Å². The highest BCUT2D eigenvalue weighted by Crippen LogP contribution is 2.44. The third-order valence-corrected chi connectivity index (χ3v) is 3.59. The van der Waals surface area contributed by atoms with Gasteiger partial charge in [-0.05, 0) is 31.4 Å². The average molecular weight is 252 g/mol. The highest BCUT2D eigenvalue weighted by molar-refractivity contribution is 7.98. The fourth-order valence-corrected chi connectivity index (χ4v) is 1.95. The molecule has 2 rings (SSSR count). The van der Waals surface area contributed by atoms with E-state index in [2.05, 4.69) is 34.4 Å². The highest BCUT2D eigenvalue weighted by Gasteiger charge is 2.36. The minimum absolute atomic E-state index is 0.489. The Balaban J connectivity index is 2.05. The van der Waals surface area contributed by atoms with E-state index >= 15 is 0 Å². The van der Waals surface area contributed by atoms with Crippen molar-refractivity contribution in [3.63, 3.8) is 0 Å². The molecule has 5 heteroatoms. The lowest BCUT2D eigenvalue weighted by molar-refractivity contribution is 0.608. The summed E-state index contributed by atoms with van der Waals surface area (Å²) in [5, 5.41) is 7.46. The third-order valence-electron chi connectivity index (χ3n) is 3.05. The fourth-order valence-electron chi connectivity index (χ4n) is 1.57. The number of aromatic nitrogens is 2. The van der Waals surface area contributed by atoms with Gasteiger partial charge < -0.3 is 10.6 Å². The Morgan fingerprint density at radius 2 is 1.94 bits per heavy atom. The van der Waals surface area contributed by atoms with Gasteiger partial charge in [0, 0.05) is 19.2 Å². The Morgan fingerprint density at radius 1 is 1.29 bits per heavy atom. The Labute approximate surface area is 107 Å². The first-order valence-electron chi connectivity index (χ1n) is 6.06. The molecule has 1 heterocycles. The van der Waals surface area contributed by atoms with Crippen LogP contribution in [0.25, 0.3) is 0 Å². The molecular formula is C12H20N4S. The van der Waals surface area contributed by atoms with Crippen molar-refractivity contribution in [2.24, 2.45) is 5.41 Å². The zero-order valence-electron chi connectivity index (χ0n) is 10.7. The largest absolute Gasteiger partial charge is 0.370 e. The Morgan fingerprint density at radius 3 is 2.47 bits per heavy atom. The van der Waals surface area contributed by atoms with Crippen LogP contribution in [-0.2, 0) is 0 Å². The standard InChI is InChI=1S/C12H20N4S/c1-4-13-9-7-10(16-11(15-9)17-3)14-8-12(2)5-6-12/h7H,4-6,8H2,1-3H3,(H2,13,14,15,16). The molecule has 2 N–H and O–H groups in total. The quantitative estimate of drug-likeness (QED) is 0.602. The lowest BCUT2D eigenvalue weighted by Gasteiger charge is -2.12. The first-order chi connectivity index (χ1) is 8.15. The van der Waals surface area contributed by atoms with Crippen LogP contribution in [0.15, 0.2) is 11.2 Å². The van der Waals surface area contributed by atoms with Gasteiger partial charge in [0.25, 0.3) is 0 Å². The van der Waals surface area contributed by atoms with E-state index in [1.807, 2.05) is 12.3 Å². The summed E-state index contributed by atoms with van der Waals surface area (Å²) in [6, 6.07) is 1.98. The van der Waals surface area contributed by atoms with Gasteiger partial charge in [0.05, 0.1) is 0 Å². The Bertz CT molecular complexity index is 390. The first-order valence-corrected chi connectivity index (χ1v) is 7.28. The molecule has 0 aromatic carbocycles. The number of anilines is 2. The molecular weight excluding hydrogens is 232 g/mol. The molecule has 0 spiro atoms. The summed E-state index contributed by atoms with van der Waals surface area (Å²) in [4.78, 5) is 8.87. The maximum Gasteiger partial charge on any atom is 0.191 e. The smallest absolute Gasteiger partial charge is 0.191 e. The predicted octanol–water partition coefficient (Wildman–Crippen LogP) is 2.84. The van der Waals surface area contributed by atoms with E-state index in [9.17, 15) is 0 Å². The van der Waals surface area contributed by atoms with Crippen molar-refractivity contribution in [3.8, 4) is 0 Å². The minimum atomic E-state index is 0.489. The molecule has 1 aromatic heterocycles. The monoisotopic (exact) mass is 252 g/mol. The van der Waals surface area contributed by atoms with Crippen molar-refractivity contribution < 1.29 is 0 Å². The molecule has 4 nitrogen and oxygen atoms in total. The summed E-state index contributed by atoms with van der Waals surface area (Å²) in [5.74, 6) is 1.82. The molecule has 1 aliphatic carbocycles. The van der Waals surface area contributed by atoms with Gasteiger partial charge in [0.15, 0.2) is 5.16 Å². The molecule has 0 atom stereocenters. The molecule has 1 saturated carbocycles. The number of nitrogens with one attached hydrogen (secondary N) is 2. The van der Waals surface area contributed by atoms with Crippen molar-refractivity contribution in [2.75, 3.05) is 30.0 Å². The molecule has 0 radical (unpaired) electrons. The molecule has 94 valence electrons. The normalized spacial score (nSPS) is 16.6. The van der Waals surface area contributed by atoms with Crippen LogP contribution >= 0.6 is 11.8 Å². The number of hydrogen-bond acceptors (Lipinski definition) is 5. The van der Waals surface area contributed by atoms with Crippen LogP contribution in [0.4, 0.5) is 11.6 Å². The van der Waals surface area contributed by atoms with Crippen molar-refractivity contribution in [3.05, 3.63) is 6.07 Å². The van der Waals surface area contributed by atoms with Gasteiger partial charge in [-0.3, -0.25) is 0 Å². The summed E-state index contributed by atoms with van der Waals surface area (Å²) < 4.78 is 0. The molecule has 1 fully saturated rings. The van der Waals surface area contributed by atoms with E-state index in [0.29, 0.717) is 5.41 Å². The molecule has 0 amide bonds. The lowest BCUT2D eigenvalue weighted by Crippen LogP contribution is -2.13. The summed E-state index contributed by atoms with van der Waals surface area (Å²) in [6.07, 6.45) is 4.64. The van der Waals surface area contributed by atoms with E-state index < -0.39 is 0 Å². The third kappa shape index (κ3) is 3.49. The van der Waals surface area contributed by atoms with Crippen LogP contribution in [0.1, 0.15) is 26.7 Å². The van der Waals surface area contributed by atoms with E-state index in [1.54, 1.807) is 11.8 Å². The second-order valence-electron chi connectivity index (χ2n) is 4.82. The van der Waals surface area contributed by atoms with Gasteiger partial charge in [0.2, 0.25) is 0 Å². The van der Waals surface area contributed by atoms with E-state index in [4.69, 9.17) is 0 Å². The van der Waals surface area contributed by atoms with Crippen molar-refractivity contribution >= 4 is 23.4 Å². The van der Waals surface area contributed by atoms with Crippen LogP contribution < -0.4 is 10.6 Å². The summed E-state index contributed by atoms with van der Waals surface area (Å²) in [6.45, 7) is 6.26. The molecule has 17 heavy (non-hydrogen) atoms. The molecule has 1 aliphatic rings. The maximum absolute atomic E-state index is 4.47. The summed E-state index contributed by atoms with van der Waals surface area (Å²) in [5.41, 5.74) is 0.489. The Hall–Kier alpha value is -0.970. The van der Waals surface area contributed by atoms with Crippen LogP contribution in [-0.4, -0.2) is 29.3 Å². The van der Waals surface area contributed by atoms with Crippen LogP contribution in [0.5, 0.6) is 0 Å². The fraction of sp³-hybridized carbons (Fsp3) is 0.667. The van der Waals surface area contributed by atoms with Gasteiger partial charge >= 0.3 is 0 Å².